The van der Waals surface area contributed by atoms with Crippen LogP contribution in [0.5, 0.6) is 0 Å². The van der Waals surface area contributed by atoms with E-state index in [1.165, 1.54) is 10.5 Å². The number of hydrogen-bond donors (Lipinski definition) is 1. The summed E-state index contributed by atoms with van der Waals surface area (Å²) in [6.07, 6.45) is 0. The average Bonchev–Trinajstić information content (AvgIpc) is 2.74. The first kappa shape index (κ1) is 12.5. The molecule has 0 saturated carbocycles. The summed E-state index contributed by atoms with van der Waals surface area (Å²) >= 11 is 3.31. The van der Waals surface area contributed by atoms with E-state index >= 15 is 0 Å². The molecule has 1 atom stereocenters. The van der Waals surface area contributed by atoms with Crippen molar-refractivity contribution in [1.29, 1.82) is 0 Å². The van der Waals surface area contributed by atoms with Crippen molar-refractivity contribution < 1.29 is 0 Å². The van der Waals surface area contributed by atoms with E-state index < -0.39 is 0 Å². The number of aryl methyl sites for hydroxylation is 1. The van der Waals surface area contributed by atoms with Gasteiger partial charge in [-0.2, -0.15) is 0 Å². The summed E-state index contributed by atoms with van der Waals surface area (Å²) < 4.78 is 0.998. The Kier molecular flexibility index (Phi) is 4.15. The van der Waals surface area contributed by atoms with Crippen LogP contribution in [0.2, 0.25) is 0 Å². The fraction of sp³-hybridized carbons (Fsp3) is 0.333. The molecule has 0 saturated heterocycles. The van der Waals surface area contributed by atoms with Gasteiger partial charge in [-0.25, -0.2) is 0 Å². The van der Waals surface area contributed by atoms with Crippen LogP contribution in [-0.2, 0) is 0 Å². The molecule has 1 heterocycles. The lowest BCUT2D eigenvalue weighted by molar-refractivity contribution is 0.641. The van der Waals surface area contributed by atoms with E-state index in [0.717, 1.165) is 9.35 Å². The van der Waals surface area contributed by atoms with Crippen LogP contribution in [0, 0.1) is 6.92 Å². The highest BCUT2D eigenvalue weighted by Crippen LogP contribution is 2.34. The molecule has 0 aliphatic rings. The zero-order valence-corrected chi connectivity index (χ0v) is 11.7. The van der Waals surface area contributed by atoms with E-state index in [4.69, 9.17) is 0 Å². The smallest absolute Gasteiger partial charge is 0.179 e. The number of benzene rings is 1. The van der Waals surface area contributed by atoms with Crippen molar-refractivity contribution in [2.75, 3.05) is 7.05 Å². The maximum Gasteiger partial charge on any atom is 0.179 e. The Labute approximate surface area is 110 Å². The predicted octanol–water partition coefficient (Wildman–Crippen LogP) is 3.28. The molecule has 0 bridgehead atoms. The third-order valence-corrected chi connectivity index (χ3v) is 4.50. The molecule has 0 spiro atoms. The monoisotopic (exact) mass is 265 g/mol. The van der Waals surface area contributed by atoms with Gasteiger partial charge in [-0.1, -0.05) is 41.3 Å². The molecule has 1 aromatic carbocycles. The lowest BCUT2D eigenvalue weighted by atomic mass is 10.1. The van der Waals surface area contributed by atoms with E-state index in [0.29, 0.717) is 6.04 Å². The van der Waals surface area contributed by atoms with E-state index in [1.54, 1.807) is 23.1 Å². The Bertz CT molecular complexity index is 496. The van der Waals surface area contributed by atoms with Crippen molar-refractivity contribution in [3.63, 3.8) is 0 Å². The molecule has 0 amide bonds. The molecule has 17 heavy (non-hydrogen) atoms. The molecule has 0 radical (unpaired) electrons. The van der Waals surface area contributed by atoms with Gasteiger partial charge in [-0.15, -0.1) is 10.2 Å². The summed E-state index contributed by atoms with van der Waals surface area (Å²) in [6.45, 7) is 4.13. The summed E-state index contributed by atoms with van der Waals surface area (Å²) in [4.78, 5) is 1.24. The predicted molar refractivity (Wildman–Crippen MR) is 72.7 cm³/mol. The lowest BCUT2D eigenvalue weighted by Gasteiger charge is -2.14. The van der Waals surface area contributed by atoms with Crippen molar-refractivity contribution in [3.05, 3.63) is 34.8 Å². The zero-order chi connectivity index (χ0) is 12.3. The molecule has 1 aromatic heterocycles. The Balaban J connectivity index is 2.26. The minimum Gasteiger partial charge on any atom is -0.313 e. The highest BCUT2D eigenvalue weighted by Gasteiger charge is 2.11. The summed E-state index contributed by atoms with van der Waals surface area (Å²) in [5, 5.41) is 12.5. The van der Waals surface area contributed by atoms with Crippen LogP contribution in [0.4, 0.5) is 0 Å². The van der Waals surface area contributed by atoms with Gasteiger partial charge < -0.3 is 5.32 Å². The number of rotatable bonds is 4. The van der Waals surface area contributed by atoms with Crippen molar-refractivity contribution in [1.82, 2.24) is 15.5 Å². The first-order chi connectivity index (χ1) is 8.20. The number of nitrogens with zero attached hydrogens (tertiary/aromatic N) is 2. The molecule has 1 unspecified atom stereocenters. The fourth-order valence-corrected chi connectivity index (χ4v) is 3.49. The molecule has 2 aromatic rings. The first-order valence-electron chi connectivity index (χ1n) is 5.45. The van der Waals surface area contributed by atoms with E-state index in [2.05, 4.69) is 46.7 Å². The average molecular weight is 265 g/mol. The van der Waals surface area contributed by atoms with Crippen LogP contribution in [0.1, 0.15) is 23.5 Å². The highest BCUT2D eigenvalue weighted by molar-refractivity contribution is 8.01. The van der Waals surface area contributed by atoms with Crippen LogP contribution in [0.25, 0.3) is 0 Å². The SMILES string of the molecule is CNC(C)c1ccccc1Sc1nnc(C)s1. The minimum absolute atomic E-state index is 0.340. The summed E-state index contributed by atoms with van der Waals surface area (Å²) in [5.74, 6) is 0. The third-order valence-electron chi connectivity index (χ3n) is 2.52. The second kappa shape index (κ2) is 5.62. The second-order valence-corrected chi connectivity index (χ2v) is 6.21. The van der Waals surface area contributed by atoms with Gasteiger partial charge >= 0.3 is 0 Å². The van der Waals surface area contributed by atoms with Crippen LogP contribution in [0.3, 0.4) is 0 Å². The van der Waals surface area contributed by atoms with Crippen LogP contribution in [0.15, 0.2) is 33.5 Å². The molecule has 0 aliphatic heterocycles. The molecule has 0 fully saturated rings. The summed E-state index contributed by atoms with van der Waals surface area (Å²) in [7, 11) is 1.97. The van der Waals surface area contributed by atoms with Gasteiger partial charge in [0.15, 0.2) is 4.34 Å². The Morgan fingerprint density at radius 3 is 2.71 bits per heavy atom. The number of aromatic nitrogens is 2. The van der Waals surface area contributed by atoms with Gasteiger partial charge in [0.1, 0.15) is 5.01 Å². The Hall–Kier alpha value is -0.910. The minimum atomic E-state index is 0.340. The molecule has 5 heteroatoms. The maximum absolute atomic E-state index is 4.15. The largest absolute Gasteiger partial charge is 0.313 e. The molecule has 1 N–H and O–H groups in total. The van der Waals surface area contributed by atoms with Crippen molar-refractivity contribution in [2.45, 2.75) is 29.1 Å². The summed E-state index contributed by atoms with van der Waals surface area (Å²) in [5.41, 5.74) is 1.30. The second-order valence-electron chi connectivity index (χ2n) is 3.74. The maximum atomic E-state index is 4.15. The normalized spacial score (nSPS) is 12.6. The summed E-state index contributed by atoms with van der Waals surface area (Å²) in [6, 6.07) is 8.75. The molecule has 3 nitrogen and oxygen atoms in total. The number of hydrogen-bond acceptors (Lipinski definition) is 5. The number of nitrogens with one attached hydrogen (secondary N) is 1. The Morgan fingerprint density at radius 1 is 1.29 bits per heavy atom. The molecular formula is C12H15N3S2. The topological polar surface area (TPSA) is 37.8 Å². The van der Waals surface area contributed by atoms with E-state index in [9.17, 15) is 0 Å². The van der Waals surface area contributed by atoms with Gasteiger partial charge in [0.25, 0.3) is 0 Å². The molecule has 0 aliphatic carbocycles. The van der Waals surface area contributed by atoms with Crippen LogP contribution in [-0.4, -0.2) is 17.2 Å². The molecule has 90 valence electrons. The fourth-order valence-electron chi connectivity index (χ4n) is 1.50. The first-order valence-corrected chi connectivity index (χ1v) is 7.08. The van der Waals surface area contributed by atoms with Crippen LogP contribution < -0.4 is 5.32 Å². The van der Waals surface area contributed by atoms with Crippen molar-refractivity contribution in [2.24, 2.45) is 0 Å². The van der Waals surface area contributed by atoms with Gasteiger partial charge in [0.2, 0.25) is 0 Å². The Morgan fingerprint density at radius 2 is 2.06 bits per heavy atom. The van der Waals surface area contributed by atoms with Crippen molar-refractivity contribution in [3.8, 4) is 0 Å². The highest BCUT2D eigenvalue weighted by atomic mass is 32.2. The van der Waals surface area contributed by atoms with Gasteiger partial charge in [0, 0.05) is 10.9 Å². The van der Waals surface area contributed by atoms with E-state index in [1.807, 2.05) is 14.0 Å². The quantitative estimate of drug-likeness (QED) is 0.920. The zero-order valence-electron chi connectivity index (χ0n) is 10.1. The van der Waals surface area contributed by atoms with Crippen LogP contribution >= 0.6 is 23.1 Å². The van der Waals surface area contributed by atoms with Gasteiger partial charge in [-0.05, 0) is 32.5 Å². The standard InChI is InChI=1S/C12H15N3S2/c1-8(13-3)10-6-4-5-7-11(10)17-12-15-14-9(2)16-12/h4-8,13H,1-3H3. The molecular weight excluding hydrogens is 250 g/mol. The van der Waals surface area contributed by atoms with Gasteiger partial charge in [-0.3, -0.25) is 0 Å². The molecule has 2 rings (SSSR count). The third kappa shape index (κ3) is 3.06. The van der Waals surface area contributed by atoms with Gasteiger partial charge in [0.05, 0.1) is 0 Å². The van der Waals surface area contributed by atoms with Crippen molar-refractivity contribution >= 4 is 23.1 Å². The van der Waals surface area contributed by atoms with E-state index in [-0.39, 0.29) is 0 Å². The lowest BCUT2D eigenvalue weighted by Crippen LogP contribution is -2.12.